The molecule has 2 N–H and O–H groups in total. The number of ketones is 1. The van der Waals surface area contributed by atoms with E-state index >= 15 is 0 Å². The summed E-state index contributed by atoms with van der Waals surface area (Å²) in [7, 11) is 0.806. The topological polar surface area (TPSA) is 200 Å². The molecule has 0 unspecified atom stereocenters. The van der Waals surface area contributed by atoms with E-state index in [1.54, 1.807) is 0 Å². The number of ether oxygens (including phenoxy) is 1. The molecule has 1 amide bonds. The van der Waals surface area contributed by atoms with Crippen LogP contribution in [0, 0.1) is 12.3 Å². The standard InChI is InChI=1S/C8H12F3NO2.C7H11N.C5H9N2O4P.CH2O3.CH4O.2K.H/c1-14-6-4-2-3-5-12(6)7(13)8(9,10)11;1-2-7-5-3-4-6-8-7;1-4(8)5(7-6)12(9,10-2)11-3;2-1-4-3;1-2;;;/h6H,2-5H2,1H3;1,7-8H,3-6H2;1-3H3;1,3H;2H,1H3;;;/q;;;;;2*+1;-1/p-1/t6-;7-;;;;;;/m00....../s1. The van der Waals surface area contributed by atoms with Crippen molar-refractivity contribution in [2.24, 2.45) is 0 Å². The third kappa shape index (κ3) is 23.0. The number of hydrogen-bond donors (Lipinski definition) is 2. The third-order valence-corrected chi connectivity index (χ3v) is 6.81. The van der Waals surface area contributed by atoms with Crippen molar-refractivity contribution in [2.75, 3.05) is 41.5 Å². The van der Waals surface area contributed by atoms with Gasteiger partial charge < -0.3 is 46.2 Å². The zero-order valence-electron chi connectivity index (χ0n) is 26.0. The maximum atomic E-state index is 12.1. The molecule has 2 heterocycles. The zero-order chi connectivity index (χ0) is 31.8. The first kappa shape index (κ1) is 52.1. The van der Waals surface area contributed by atoms with Gasteiger partial charge in [-0.05, 0) is 45.1 Å². The molecule has 234 valence electrons. The Morgan fingerprint density at radius 2 is 1.67 bits per heavy atom. The Kier molecular flexibility index (Phi) is 39.2. The Bertz CT molecular complexity index is 884. The zero-order valence-corrected chi connectivity index (χ0v) is 32.2. The van der Waals surface area contributed by atoms with E-state index in [-0.39, 0.29) is 117 Å². The number of halogens is 3. The average molecular weight is 685 g/mol. The smallest absolute Gasteiger partial charge is 1.00 e. The Balaban J connectivity index is -0.000000108. The number of hydrogen-bond acceptors (Lipinski definition) is 11. The molecule has 20 heteroatoms. The van der Waals surface area contributed by atoms with Gasteiger partial charge in [0.25, 0.3) is 6.47 Å². The number of aliphatic hydroxyl groups is 1. The Morgan fingerprint density at radius 3 is 1.93 bits per heavy atom. The fraction of sp³-hybridized carbons (Fsp3) is 0.727. The number of nitrogens with zero attached hydrogens (tertiary/aromatic N) is 3. The van der Waals surface area contributed by atoms with Gasteiger partial charge in [-0.25, -0.2) is 4.57 Å². The second-order valence-corrected chi connectivity index (χ2v) is 9.54. The van der Waals surface area contributed by atoms with Crippen LogP contribution in [0.2, 0.25) is 0 Å². The minimum atomic E-state index is -4.80. The Hall–Kier alpha value is 0.603. The molecule has 0 aromatic heterocycles. The Morgan fingerprint density at radius 1 is 1.17 bits per heavy atom. The maximum absolute atomic E-state index is 12.1. The number of methoxy groups -OCH3 is 1. The molecular formula is C22H38F3K2N4O10P. The molecule has 2 atom stereocenters. The number of amides is 1. The van der Waals surface area contributed by atoms with Crippen molar-refractivity contribution in [1.82, 2.24) is 10.2 Å². The van der Waals surface area contributed by atoms with Crippen molar-refractivity contribution in [3.8, 4) is 12.3 Å². The third-order valence-electron chi connectivity index (χ3n) is 4.92. The number of nitrogens with one attached hydrogen (secondary N) is 1. The van der Waals surface area contributed by atoms with Gasteiger partial charge in [0.1, 0.15) is 6.23 Å². The molecule has 2 fully saturated rings. The van der Waals surface area contributed by atoms with Crippen LogP contribution in [0.3, 0.4) is 0 Å². The average Bonchev–Trinajstić information content (AvgIpc) is 2.98. The summed E-state index contributed by atoms with van der Waals surface area (Å²) in [5.74, 6) is 0.229. The predicted octanol–water partition coefficient (Wildman–Crippen LogP) is -4.85. The summed E-state index contributed by atoms with van der Waals surface area (Å²) in [4.78, 5) is 36.2. The summed E-state index contributed by atoms with van der Waals surface area (Å²) >= 11 is 0. The van der Waals surface area contributed by atoms with Crippen LogP contribution in [-0.4, -0.2) is 98.4 Å². The van der Waals surface area contributed by atoms with Gasteiger partial charge >= 0.3 is 128 Å². The van der Waals surface area contributed by atoms with Crippen LogP contribution >= 0.6 is 7.60 Å². The quantitative estimate of drug-likeness (QED) is 0.0313. The number of aliphatic hydroxyl groups excluding tert-OH is 1. The van der Waals surface area contributed by atoms with Gasteiger partial charge in [0.05, 0.1) is 6.04 Å². The molecule has 2 saturated heterocycles. The maximum Gasteiger partial charge on any atom is 1.00 e. The molecule has 2 aliphatic heterocycles. The van der Waals surface area contributed by atoms with Crippen molar-refractivity contribution < 1.29 is 170 Å². The van der Waals surface area contributed by atoms with E-state index in [1.165, 1.54) is 20.0 Å². The molecule has 0 aliphatic carbocycles. The number of Topliss-reactive ketones (excluding diaryl/α,β-unsaturated/α-hetero) is 1. The molecule has 14 nitrogen and oxygen atoms in total. The second kappa shape index (κ2) is 31.6. The van der Waals surface area contributed by atoms with Crippen molar-refractivity contribution in [1.29, 1.82) is 0 Å². The van der Waals surface area contributed by atoms with E-state index < -0.39 is 37.1 Å². The van der Waals surface area contributed by atoms with Crippen LogP contribution in [0.5, 0.6) is 0 Å². The number of piperidine rings is 2. The minimum Gasteiger partial charge on any atom is -1.00 e. The molecule has 0 bridgehead atoms. The molecule has 0 aromatic rings. The van der Waals surface area contributed by atoms with E-state index in [0.717, 1.165) is 52.5 Å². The minimum absolute atomic E-state index is 0. The summed E-state index contributed by atoms with van der Waals surface area (Å²) in [5.41, 5.74) is 7.73. The van der Waals surface area contributed by atoms with Gasteiger partial charge in [-0.15, -0.1) is 6.42 Å². The molecule has 2 aliphatic rings. The second-order valence-electron chi connectivity index (χ2n) is 7.39. The molecule has 0 aromatic carbocycles. The summed E-state index contributed by atoms with van der Waals surface area (Å²) in [6.07, 6.45) is 5.28. The van der Waals surface area contributed by atoms with Gasteiger partial charge in [0, 0.05) is 41.9 Å². The van der Waals surface area contributed by atoms with E-state index in [0.29, 0.717) is 18.9 Å². The van der Waals surface area contributed by atoms with Gasteiger partial charge in [-0.3, -0.25) is 14.4 Å². The number of rotatable bonds is 6. The monoisotopic (exact) mass is 684 g/mol. The van der Waals surface area contributed by atoms with E-state index in [4.69, 9.17) is 31.8 Å². The van der Waals surface area contributed by atoms with Gasteiger partial charge in [0.15, 0.2) is 0 Å². The SMILES string of the molecule is C#C[C@H]1CCCCN1.CO.COP(=O)(OC)C(=[N+]=[N-])C(C)=O.CO[C@H]1CCCCN1C(=O)C(F)(F)F.O=CO[O-].[H-].[K+].[K+]. The summed E-state index contributed by atoms with van der Waals surface area (Å²) in [6.45, 7) is 2.14. The van der Waals surface area contributed by atoms with Crippen LogP contribution in [-0.2, 0) is 37.6 Å². The van der Waals surface area contributed by atoms with Crippen LogP contribution in [0.4, 0.5) is 13.2 Å². The summed E-state index contributed by atoms with van der Waals surface area (Å²) < 4.78 is 61.3. The van der Waals surface area contributed by atoms with Crippen LogP contribution in [0.1, 0.15) is 46.9 Å². The summed E-state index contributed by atoms with van der Waals surface area (Å²) in [5, 5.41) is 18.7. The largest absolute Gasteiger partial charge is 1.00 e. The number of terminal acetylenes is 1. The van der Waals surface area contributed by atoms with Gasteiger partial charge in [-0.2, -0.15) is 18.0 Å². The molecule has 0 radical (unpaired) electrons. The number of alkyl halides is 3. The van der Waals surface area contributed by atoms with Crippen molar-refractivity contribution in [2.45, 2.75) is 63.9 Å². The Labute approximate surface area is 330 Å². The van der Waals surface area contributed by atoms with Crippen LogP contribution in [0.15, 0.2) is 0 Å². The number of carbonyl (C=O) groups excluding carboxylic acids is 3. The normalized spacial score (nSPS) is 17.1. The van der Waals surface area contributed by atoms with E-state index in [2.05, 4.69) is 30.0 Å². The number of likely N-dealkylation sites (tertiary alicyclic amines) is 1. The van der Waals surface area contributed by atoms with E-state index in [1.807, 2.05) is 0 Å². The fourth-order valence-electron chi connectivity index (χ4n) is 3.10. The molecule has 42 heavy (non-hydrogen) atoms. The van der Waals surface area contributed by atoms with Crippen molar-refractivity contribution in [3.05, 3.63) is 5.53 Å². The van der Waals surface area contributed by atoms with Crippen molar-refractivity contribution >= 4 is 31.2 Å². The molecule has 2 rings (SSSR count). The molecule has 0 spiro atoms. The van der Waals surface area contributed by atoms with Crippen LogP contribution in [0.25, 0.3) is 5.53 Å². The fourth-order valence-corrected chi connectivity index (χ4v) is 4.09. The first-order chi connectivity index (χ1) is 18.8. The first-order valence-corrected chi connectivity index (χ1v) is 13.1. The first-order valence-electron chi connectivity index (χ1n) is 11.5. The van der Waals surface area contributed by atoms with Crippen LogP contribution < -0.4 is 113 Å². The van der Waals surface area contributed by atoms with Gasteiger partial charge in [0.2, 0.25) is 5.78 Å². The molecule has 0 saturated carbocycles. The predicted molar refractivity (Wildman–Crippen MR) is 134 cm³/mol. The molecular weight excluding hydrogens is 646 g/mol. The summed E-state index contributed by atoms with van der Waals surface area (Å²) in [6, 6.07) is 0.365. The van der Waals surface area contributed by atoms with Crippen molar-refractivity contribution in [3.63, 3.8) is 0 Å². The van der Waals surface area contributed by atoms with Gasteiger partial charge in [-0.1, -0.05) is 5.92 Å². The van der Waals surface area contributed by atoms with E-state index in [9.17, 15) is 27.3 Å². The number of carbonyl (C=O) groups is 3.